The zero-order valence-corrected chi connectivity index (χ0v) is 14.9. The van der Waals surface area contributed by atoms with Crippen molar-refractivity contribution < 1.29 is 4.79 Å². The summed E-state index contributed by atoms with van der Waals surface area (Å²) < 4.78 is -3.82. The monoisotopic (exact) mass is 417 g/mol. The molecule has 4 nitrogen and oxygen atoms in total. The molecule has 0 aliphatic heterocycles. The van der Waals surface area contributed by atoms with Crippen molar-refractivity contribution in [3.05, 3.63) is 41.5 Å². The van der Waals surface area contributed by atoms with Crippen molar-refractivity contribution in [1.82, 2.24) is 15.0 Å². The van der Waals surface area contributed by atoms with Crippen molar-refractivity contribution in [2.45, 2.75) is 7.59 Å². The number of benzene rings is 1. The SMILES string of the molecule is O=Cc1ccc(-c2nc(C(Cl)(Cl)Cl)nc(C(Cl)(Cl)Cl)n2)cc1. The van der Waals surface area contributed by atoms with Gasteiger partial charge in [-0.2, -0.15) is 0 Å². The van der Waals surface area contributed by atoms with Crippen molar-refractivity contribution >= 4 is 75.9 Å². The molecule has 0 saturated heterocycles. The second-order valence-electron chi connectivity index (χ2n) is 4.04. The van der Waals surface area contributed by atoms with Crippen LogP contribution in [0.2, 0.25) is 0 Å². The van der Waals surface area contributed by atoms with Crippen molar-refractivity contribution in [2.24, 2.45) is 0 Å². The van der Waals surface area contributed by atoms with E-state index in [1.165, 1.54) is 0 Å². The molecule has 0 radical (unpaired) electrons. The average molecular weight is 420 g/mol. The third-order valence-electron chi connectivity index (χ3n) is 2.45. The minimum atomic E-state index is -1.91. The average Bonchev–Trinajstić information content (AvgIpc) is 2.45. The maximum absolute atomic E-state index is 10.7. The lowest BCUT2D eigenvalue weighted by Gasteiger charge is -2.15. The van der Waals surface area contributed by atoms with E-state index < -0.39 is 7.59 Å². The first-order valence-electron chi connectivity index (χ1n) is 5.57. The van der Waals surface area contributed by atoms with Crippen LogP contribution < -0.4 is 0 Å². The lowest BCUT2D eigenvalue weighted by molar-refractivity contribution is 0.112. The van der Waals surface area contributed by atoms with E-state index in [-0.39, 0.29) is 17.5 Å². The molecule has 0 bridgehead atoms. The summed E-state index contributed by atoms with van der Waals surface area (Å²) in [4.78, 5) is 22.7. The summed E-state index contributed by atoms with van der Waals surface area (Å²) in [6.07, 6.45) is 0.705. The van der Waals surface area contributed by atoms with E-state index in [1.807, 2.05) is 0 Å². The van der Waals surface area contributed by atoms with Gasteiger partial charge in [-0.15, -0.1) is 0 Å². The van der Waals surface area contributed by atoms with Crippen LogP contribution in [0.1, 0.15) is 22.0 Å². The Hall–Kier alpha value is -0.360. The molecular weight excluding hydrogens is 415 g/mol. The fourth-order valence-corrected chi connectivity index (χ4v) is 1.98. The first-order chi connectivity index (χ1) is 10.1. The number of alkyl halides is 6. The first-order valence-corrected chi connectivity index (χ1v) is 7.84. The van der Waals surface area contributed by atoms with Crippen LogP contribution in [0.15, 0.2) is 24.3 Å². The Kier molecular flexibility index (Phi) is 5.42. The van der Waals surface area contributed by atoms with Gasteiger partial charge in [-0.25, -0.2) is 15.0 Å². The van der Waals surface area contributed by atoms with Gasteiger partial charge in [-0.1, -0.05) is 93.9 Å². The first kappa shape index (κ1) is 18.0. The molecule has 0 unspecified atom stereocenters. The van der Waals surface area contributed by atoms with E-state index >= 15 is 0 Å². The third kappa shape index (κ3) is 4.34. The van der Waals surface area contributed by atoms with Crippen molar-refractivity contribution in [3.8, 4) is 11.4 Å². The minimum absolute atomic E-state index is 0.148. The number of rotatable bonds is 2. The van der Waals surface area contributed by atoms with Gasteiger partial charge in [-0.3, -0.25) is 4.79 Å². The van der Waals surface area contributed by atoms with Crippen LogP contribution in [0.4, 0.5) is 0 Å². The van der Waals surface area contributed by atoms with Gasteiger partial charge in [-0.05, 0) is 0 Å². The van der Waals surface area contributed by atoms with Crippen LogP contribution in [0, 0.1) is 0 Å². The van der Waals surface area contributed by atoms with E-state index in [1.54, 1.807) is 24.3 Å². The van der Waals surface area contributed by atoms with Gasteiger partial charge >= 0.3 is 0 Å². The number of carbonyl (C=O) groups excluding carboxylic acids is 1. The summed E-state index contributed by atoms with van der Waals surface area (Å²) in [6, 6.07) is 6.39. The Morgan fingerprint density at radius 3 is 1.59 bits per heavy atom. The fourth-order valence-electron chi connectivity index (χ4n) is 1.47. The topological polar surface area (TPSA) is 55.7 Å². The summed E-state index contributed by atoms with van der Waals surface area (Å²) in [5.74, 6) is -0.207. The molecule has 116 valence electrons. The molecule has 1 aromatic carbocycles. The predicted octanol–water partition coefficient (Wildman–Crippen LogP) is 5.00. The molecule has 0 fully saturated rings. The lowest BCUT2D eigenvalue weighted by Crippen LogP contribution is -2.16. The zero-order valence-electron chi connectivity index (χ0n) is 10.4. The van der Waals surface area contributed by atoms with Gasteiger partial charge in [0.05, 0.1) is 0 Å². The molecule has 0 aliphatic carbocycles. The smallest absolute Gasteiger partial charge is 0.250 e. The quantitative estimate of drug-likeness (QED) is 0.507. The Bertz CT molecular complexity index is 661. The summed E-state index contributed by atoms with van der Waals surface area (Å²) in [5.41, 5.74) is 1.03. The zero-order chi connectivity index (χ0) is 16.5. The van der Waals surface area contributed by atoms with Crippen molar-refractivity contribution in [3.63, 3.8) is 0 Å². The molecule has 0 spiro atoms. The number of nitrogens with zero attached hydrogens (tertiary/aromatic N) is 3. The van der Waals surface area contributed by atoms with E-state index in [0.29, 0.717) is 17.4 Å². The van der Waals surface area contributed by atoms with E-state index in [9.17, 15) is 4.79 Å². The van der Waals surface area contributed by atoms with Gasteiger partial charge in [0.1, 0.15) is 6.29 Å². The highest BCUT2D eigenvalue weighted by molar-refractivity contribution is 6.67. The Morgan fingerprint density at radius 2 is 1.23 bits per heavy atom. The highest BCUT2D eigenvalue weighted by Crippen LogP contribution is 2.40. The summed E-state index contributed by atoms with van der Waals surface area (Å²) in [7, 11) is 0. The molecule has 1 heterocycles. The van der Waals surface area contributed by atoms with Crippen LogP contribution in [0.5, 0.6) is 0 Å². The van der Waals surface area contributed by atoms with E-state index in [0.717, 1.165) is 0 Å². The van der Waals surface area contributed by atoms with Gasteiger partial charge in [0.15, 0.2) is 17.5 Å². The molecule has 0 aliphatic rings. The minimum Gasteiger partial charge on any atom is -0.298 e. The van der Waals surface area contributed by atoms with Gasteiger partial charge in [0, 0.05) is 11.1 Å². The Morgan fingerprint density at radius 1 is 0.773 bits per heavy atom. The highest BCUT2D eigenvalue weighted by atomic mass is 35.6. The Labute approximate surface area is 155 Å². The molecule has 2 rings (SSSR count). The number of carbonyl (C=O) groups is 1. The third-order valence-corrected chi connectivity index (χ3v) is 3.46. The molecular formula is C12H5Cl6N3O. The normalized spacial score (nSPS) is 12.3. The van der Waals surface area contributed by atoms with Crippen molar-refractivity contribution in [1.29, 1.82) is 0 Å². The standard InChI is InChI=1S/C12H5Cl6N3O/c13-11(14,15)9-19-8(20-10(21-9)12(16,17)18)7-3-1-6(5-22)2-4-7/h1-5H. The molecule has 10 heteroatoms. The second kappa shape index (κ2) is 6.63. The molecule has 0 atom stereocenters. The van der Waals surface area contributed by atoms with Crippen LogP contribution in [0.3, 0.4) is 0 Å². The molecule has 1 aromatic heterocycles. The molecule has 2 aromatic rings. The maximum atomic E-state index is 10.7. The number of hydrogen-bond acceptors (Lipinski definition) is 4. The summed E-state index contributed by atoms with van der Waals surface area (Å²) in [6.45, 7) is 0. The largest absolute Gasteiger partial charge is 0.298 e. The van der Waals surface area contributed by atoms with Gasteiger partial charge < -0.3 is 0 Å². The summed E-state index contributed by atoms with van der Waals surface area (Å²) >= 11 is 34.7. The van der Waals surface area contributed by atoms with E-state index in [4.69, 9.17) is 69.6 Å². The molecule has 0 amide bonds. The second-order valence-corrected chi connectivity index (χ2v) is 8.60. The van der Waals surface area contributed by atoms with Crippen LogP contribution >= 0.6 is 69.6 Å². The number of halogens is 6. The molecule has 0 N–H and O–H groups in total. The highest BCUT2D eigenvalue weighted by Gasteiger charge is 2.33. The van der Waals surface area contributed by atoms with Gasteiger partial charge in [0.2, 0.25) is 7.59 Å². The molecule has 0 saturated carbocycles. The van der Waals surface area contributed by atoms with Crippen molar-refractivity contribution in [2.75, 3.05) is 0 Å². The maximum Gasteiger partial charge on any atom is 0.250 e. The number of aldehydes is 1. The van der Waals surface area contributed by atoms with E-state index in [2.05, 4.69) is 15.0 Å². The van der Waals surface area contributed by atoms with Crippen LogP contribution in [-0.2, 0) is 7.59 Å². The number of hydrogen-bond donors (Lipinski definition) is 0. The fraction of sp³-hybridized carbons (Fsp3) is 0.167. The van der Waals surface area contributed by atoms with Crippen LogP contribution in [0.25, 0.3) is 11.4 Å². The lowest BCUT2D eigenvalue weighted by atomic mass is 10.1. The number of aromatic nitrogens is 3. The van der Waals surface area contributed by atoms with Gasteiger partial charge in [0.25, 0.3) is 0 Å². The molecule has 22 heavy (non-hydrogen) atoms. The Balaban J connectivity index is 2.61. The summed E-state index contributed by atoms with van der Waals surface area (Å²) in [5, 5.41) is 0. The van der Waals surface area contributed by atoms with Crippen LogP contribution in [-0.4, -0.2) is 21.2 Å². The predicted molar refractivity (Wildman–Crippen MR) is 89.1 cm³/mol.